The summed E-state index contributed by atoms with van der Waals surface area (Å²) in [6.45, 7) is 1.38. The summed E-state index contributed by atoms with van der Waals surface area (Å²) in [5, 5.41) is 9.22. The Morgan fingerprint density at radius 2 is 1.71 bits per heavy atom. The van der Waals surface area contributed by atoms with E-state index in [0.29, 0.717) is 51.7 Å². The molecule has 192 valence electrons. The largest absolute Gasteiger partial charge is 0.464 e. The van der Waals surface area contributed by atoms with Gasteiger partial charge < -0.3 is 15.1 Å². The molecule has 0 saturated carbocycles. The van der Waals surface area contributed by atoms with Gasteiger partial charge >= 0.3 is 0 Å². The van der Waals surface area contributed by atoms with E-state index in [9.17, 15) is 14.4 Å². The van der Waals surface area contributed by atoms with Crippen molar-refractivity contribution in [1.82, 2.24) is 10.6 Å². The molecule has 0 spiro atoms. The number of benzene rings is 3. The molecule has 0 bridgehead atoms. The van der Waals surface area contributed by atoms with Crippen molar-refractivity contribution < 1.29 is 18.8 Å². The van der Waals surface area contributed by atoms with Crippen molar-refractivity contribution in [2.24, 2.45) is 5.92 Å². The van der Waals surface area contributed by atoms with Crippen molar-refractivity contribution in [3.8, 4) is 22.5 Å². The zero-order chi connectivity index (χ0) is 26.5. The maximum absolute atomic E-state index is 13.7. The molecule has 38 heavy (non-hydrogen) atoms. The van der Waals surface area contributed by atoms with E-state index < -0.39 is 5.91 Å². The van der Waals surface area contributed by atoms with Gasteiger partial charge in [0.05, 0.1) is 17.7 Å². The molecule has 8 heteroatoms. The van der Waals surface area contributed by atoms with Crippen LogP contribution in [-0.4, -0.2) is 30.8 Å². The summed E-state index contributed by atoms with van der Waals surface area (Å²) >= 11 is 6.14. The van der Waals surface area contributed by atoms with E-state index >= 15 is 0 Å². The van der Waals surface area contributed by atoms with E-state index in [0.717, 1.165) is 13.0 Å². The summed E-state index contributed by atoms with van der Waals surface area (Å²) in [7, 11) is 0. The van der Waals surface area contributed by atoms with Crippen molar-refractivity contribution in [1.29, 1.82) is 0 Å². The Labute approximate surface area is 225 Å². The van der Waals surface area contributed by atoms with E-state index in [-0.39, 0.29) is 23.3 Å². The Morgan fingerprint density at radius 3 is 2.39 bits per heavy atom. The second-order valence-corrected chi connectivity index (χ2v) is 9.55. The number of rotatable bonds is 6. The molecule has 1 aliphatic heterocycles. The van der Waals surface area contributed by atoms with Gasteiger partial charge in [-0.15, -0.1) is 0 Å². The minimum atomic E-state index is -0.561. The fourth-order valence-electron chi connectivity index (χ4n) is 4.60. The van der Waals surface area contributed by atoms with Crippen LogP contribution in [0.3, 0.4) is 0 Å². The number of carbonyl (C=O) groups excluding carboxylic acids is 3. The SMILES string of the molecule is O=C(Nc1cc(C(=O)NC(=O)C2CCCNC2)c(-c2ccc(Cl)cc2)c(-c2ccco2)c1)c1ccccc1. The Balaban J connectivity index is 1.60. The zero-order valence-corrected chi connectivity index (χ0v) is 21.3. The van der Waals surface area contributed by atoms with E-state index in [1.165, 1.54) is 6.26 Å². The number of imide groups is 1. The minimum absolute atomic E-state index is 0.224. The van der Waals surface area contributed by atoms with Crippen LogP contribution in [0.5, 0.6) is 0 Å². The van der Waals surface area contributed by atoms with Crippen LogP contribution in [0.15, 0.2) is 89.5 Å². The third-order valence-electron chi connectivity index (χ3n) is 6.50. The molecule has 1 unspecified atom stereocenters. The van der Waals surface area contributed by atoms with Crippen LogP contribution in [-0.2, 0) is 4.79 Å². The predicted octanol–water partition coefficient (Wildman–Crippen LogP) is 5.78. The zero-order valence-electron chi connectivity index (χ0n) is 20.5. The fourth-order valence-corrected chi connectivity index (χ4v) is 4.72. The first-order valence-corrected chi connectivity index (χ1v) is 12.8. The lowest BCUT2D eigenvalue weighted by Gasteiger charge is -2.22. The number of hydrogen-bond donors (Lipinski definition) is 3. The van der Waals surface area contributed by atoms with Gasteiger partial charge in [-0.1, -0.05) is 41.9 Å². The van der Waals surface area contributed by atoms with Gasteiger partial charge in [0.25, 0.3) is 11.8 Å². The molecule has 3 amide bonds. The highest BCUT2D eigenvalue weighted by molar-refractivity contribution is 6.30. The van der Waals surface area contributed by atoms with Crippen molar-refractivity contribution >= 4 is 35.0 Å². The van der Waals surface area contributed by atoms with Gasteiger partial charge in [-0.05, 0) is 73.5 Å². The first-order valence-electron chi connectivity index (χ1n) is 12.4. The molecule has 4 aromatic rings. The van der Waals surface area contributed by atoms with Crippen molar-refractivity contribution in [3.05, 3.63) is 101 Å². The monoisotopic (exact) mass is 527 g/mol. The number of hydrogen-bond acceptors (Lipinski definition) is 5. The number of halogens is 1. The van der Waals surface area contributed by atoms with E-state index in [2.05, 4.69) is 16.0 Å². The summed E-state index contributed by atoms with van der Waals surface area (Å²) in [5.74, 6) is -1.01. The highest BCUT2D eigenvalue weighted by Crippen LogP contribution is 2.38. The Morgan fingerprint density at radius 1 is 0.921 bits per heavy atom. The number of amides is 3. The van der Waals surface area contributed by atoms with Gasteiger partial charge in [0.15, 0.2) is 0 Å². The van der Waals surface area contributed by atoms with Gasteiger partial charge in [-0.3, -0.25) is 19.7 Å². The highest BCUT2D eigenvalue weighted by Gasteiger charge is 2.26. The van der Waals surface area contributed by atoms with E-state index in [4.69, 9.17) is 16.0 Å². The number of piperidine rings is 1. The van der Waals surface area contributed by atoms with Crippen molar-refractivity contribution in [2.75, 3.05) is 18.4 Å². The van der Waals surface area contributed by atoms with Crippen molar-refractivity contribution in [2.45, 2.75) is 12.8 Å². The first-order chi connectivity index (χ1) is 18.5. The molecule has 1 fully saturated rings. The number of nitrogens with one attached hydrogen (secondary N) is 3. The van der Waals surface area contributed by atoms with Crippen molar-refractivity contribution in [3.63, 3.8) is 0 Å². The molecule has 1 atom stereocenters. The second kappa shape index (κ2) is 11.5. The first kappa shape index (κ1) is 25.4. The molecule has 1 saturated heterocycles. The third kappa shape index (κ3) is 5.69. The molecular weight excluding hydrogens is 502 g/mol. The molecular formula is C30H26ClN3O4. The molecule has 0 radical (unpaired) electrons. The molecule has 2 heterocycles. The summed E-state index contributed by atoms with van der Waals surface area (Å²) in [4.78, 5) is 39.6. The maximum atomic E-state index is 13.7. The molecule has 5 rings (SSSR count). The number of carbonyl (C=O) groups is 3. The lowest BCUT2D eigenvalue weighted by Crippen LogP contribution is -2.42. The van der Waals surface area contributed by atoms with Crippen LogP contribution >= 0.6 is 11.6 Å². The molecule has 3 N–H and O–H groups in total. The highest BCUT2D eigenvalue weighted by atomic mass is 35.5. The average molecular weight is 528 g/mol. The van der Waals surface area contributed by atoms with E-state index in [1.807, 2.05) is 6.07 Å². The quantitative estimate of drug-likeness (QED) is 0.276. The molecule has 7 nitrogen and oxygen atoms in total. The smallest absolute Gasteiger partial charge is 0.258 e. The van der Waals surface area contributed by atoms with Gasteiger partial charge in [-0.25, -0.2) is 0 Å². The van der Waals surface area contributed by atoms with Gasteiger partial charge in [-0.2, -0.15) is 0 Å². The summed E-state index contributed by atoms with van der Waals surface area (Å²) < 4.78 is 5.72. The minimum Gasteiger partial charge on any atom is -0.464 e. The van der Waals surface area contributed by atoms with Crippen LogP contribution in [0, 0.1) is 5.92 Å². The third-order valence-corrected chi connectivity index (χ3v) is 6.75. The molecule has 1 aliphatic rings. The fraction of sp³-hybridized carbons (Fsp3) is 0.167. The normalized spacial score (nSPS) is 15.0. The number of furan rings is 1. The molecule has 3 aromatic carbocycles. The summed E-state index contributed by atoms with van der Waals surface area (Å²) in [6, 6.07) is 22.7. The summed E-state index contributed by atoms with van der Waals surface area (Å²) in [5.41, 5.74) is 2.93. The molecule has 0 aliphatic carbocycles. The van der Waals surface area contributed by atoms with Crippen LogP contribution in [0.4, 0.5) is 5.69 Å². The Kier molecular flexibility index (Phi) is 7.67. The van der Waals surface area contributed by atoms with Crippen LogP contribution in [0.1, 0.15) is 33.6 Å². The van der Waals surface area contributed by atoms with Crippen LogP contribution in [0.25, 0.3) is 22.5 Å². The topological polar surface area (TPSA) is 100 Å². The summed E-state index contributed by atoms with van der Waals surface area (Å²) in [6.07, 6.45) is 3.11. The molecule has 1 aromatic heterocycles. The Bertz CT molecular complexity index is 1450. The Hall–Kier alpha value is -4.20. The maximum Gasteiger partial charge on any atom is 0.258 e. The van der Waals surface area contributed by atoms with Gasteiger partial charge in [0, 0.05) is 33.9 Å². The lowest BCUT2D eigenvalue weighted by molar-refractivity contribution is -0.124. The predicted molar refractivity (Wildman–Crippen MR) is 147 cm³/mol. The van der Waals surface area contributed by atoms with Crippen LogP contribution in [0.2, 0.25) is 5.02 Å². The van der Waals surface area contributed by atoms with E-state index in [1.54, 1.807) is 72.8 Å². The van der Waals surface area contributed by atoms with Gasteiger partial charge in [0.1, 0.15) is 5.76 Å². The average Bonchev–Trinajstić information content (AvgIpc) is 3.49. The standard InChI is InChI=1S/C30H26ClN3O4/c31-22-12-10-19(11-13-22)27-24(26-9-5-15-38-26)16-23(33-28(35)20-6-2-1-3-7-20)17-25(27)30(37)34-29(36)21-8-4-14-32-18-21/h1-3,5-7,9-13,15-17,21,32H,4,8,14,18H2,(H,33,35)(H,34,36,37). The van der Waals surface area contributed by atoms with Crippen LogP contribution < -0.4 is 16.0 Å². The van der Waals surface area contributed by atoms with Gasteiger partial charge in [0.2, 0.25) is 5.91 Å². The number of anilines is 1. The second-order valence-electron chi connectivity index (χ2n) is 9.11. The lowest BCUT2D eigenvalue weighted by atomic mass is 9.91.